The van der Waals surface area contributed by atoms with E-state index in [1.807, 2.05) is 31.2 Å². The van der Waals surface area contributed by atoms with Crippen molar-refractivity contribution in [1.82, 2.24) is 10.4 Å². The van der Waals surface area contributed by atoms with Crippen LogP contribution >= 0.6 is 0 Å². The number of unbranched alkanes of at least 4 members (excludes halogenated alkanes) is 3. The average molecular weight is 344 g/mol. The highest BCUT2D eigenvalue weighted by Crippen LogP contribution is 2.22. The summed E-state index contributed by atoms with van der Waals surface area (Å²) in [6.07, 6.45) is 5.25. The number of benzene rings is 1. The topological polar surface area (TPSA) is 86.7 Å². The Kier molecular flexibility index (Phi) is 6.89. The second-order valence-corrected chi connectivity index (χ2v) is 6.31. The van der Waals surface area contributed by atoms with Crippen LogP contribution in [0.3, 0.4) is 0 Å². The number of rotatable bonds is 8. The smallest absolute Gasteiger partial charge is 0.256 e. The predicted octanol–water partition coefficient (Wildman–Crippen LogP) is 2.59. The van der Waals surface area contributed by atoms with Crippen molar-refractivity contribution in [2.75, 3.05) is 6.54 Å². The van der Waals surface area contributed by atoms with Crippen LogP contribution in [0.25, 0.3) is 6.08 Å². The SMILES string of the molecule is Cc1ccc(C=C2CC(=O)N(CCCCCCC(=O)NO)C2=O)cc1. The molecule has 25 heavy (non-hydrogen) atoms. The quantitative estimate of drug-likeness (QED) is 0.249. The molecule has 3 amide bonds. The third-order valence-electron chi connectivity index (χ3n) is 4.24. The molecule has 0 saturated carbocycles. The molecule has 0 atom stereocenters. The number of nitrogens with one attached hydrogen (secondary N) is 1. The number of likely N-dealkylation sites (tertiary alicyclic amines) is 1. The highest BCUT2D eigenvalue weighted by Gasteiger charge is 2.32. The van der Waals surface area contributed by atoms with Crippen molar-refractivity contribution < 1.29 is 19.6 Å². The Morgan fingerprint density at radius 2 is 1.84 bits per heavy atom. The highest BCUT2D eigenvalue weighted by molar-refractivity contribution is 6.15. The van der Waals surface area contributed by atoms with Crippen LogP contribution in [0.1, 0.15) is 49.7 Å². The first-order valence-corrected chi connectivity index (χ1v) is 8.56. The van der Waals surface area contributed by atoms with E-state index in [0.717, 1.165) is 30.4 Å². The lowest BCUT2D eigenvalue weighted by atomic mass is 10.1. The minimum absolute atomic E-state index is 0.150. The zero-order valence-corrected chi connectivity index (χ0v) is 14.5. The van der Waals surface area contributed by atoms with Gasteiger partial charge in [-0.2, -0.15) is 0 Å². The molecule has 0 spiro atoms. The van der Waals surface area contributed by atoms with Gasteiger partial charge < -0.3 is 0 Å². The average Bonchev–Trinajstić information content (AvgIpc) is 2.86. The molecule has 2 N–H and O–H groups in total. The molecule has 6 heteroatoms. The molecule has 134 valence electrons. The summed E-state index contributed by atoms with van der Waals surface area (Å²) in [5.41, 5.74) is 4.20. The monoisotopic (exact) mass is 344 g/mol. The molecule has 0 aromatic heterocycles. The third kappa shape index (κ3) is 5.53. The van der Waals surface area contributed by atoms with Crippen molar-refractivity contribution in [1.29, 1.82) is 0 Å². The van der Waals surface area contributed by atoms with E-state index in [2.05, 4.69) is 0 Å². The van der Waals surface area contributed by atoms with Gasteiger partial charge in [-0.3, -0.25) is 24.5 Å². The summed E-state index contributed by atoms with van der Waals surface area (Å²) in [4.78, 5) is 36.7. The van der Waals surface area contributed by atoms with Gasteiger partial charge in [0.1, 0.15) is 0 Å². The number of hydrogen-bond acceptors (Lipinski definition) is 4. The Labute approximate surface area is 147 Å². The Hall–Kier alpha value is -2.47. The van der Waals surface area contributed by atoms with Crippen LogP contribution in [0.2, 0.25) is 0 Å². The molecule has 6 nitrogen and oxygen atoms in total. The van der Waals surface area contributed by atoms with Crippen molar-refractivity contribution in [3.05, 3.63) is 41.0 Å². The van der Waals surface area contributed by atoms with E-state index in [-0.39, 0.29) is 24.7 Å². The van der Waals surface area contributed by atoms with Crippen molar-refractivity contribution in [2.45, 2.75) is 45.4 Å². The summed E-state index contributed by atoms with van der Waals surface area (Å²) in [7, 11) is 0. The van der Waals surface area contributed by atoms with Crippen LogP contribution in [0, 0.1) is 6.92 Å². The third-order valence-corrected chi connectivity index (χ3v) is 4.24. The Morgan fingerprint density at radius 3 is 2.52 bits per heavy atom. The van der Waals surface area contributed by atoms with Gasteiger partial charge in [0.25, 0.3) is 5.91 Å². The molecule has 1 aromatic rings. The van der Waals surface area contributed by atoms with Gasteiger partial charge in [0.05, 0.1) is 6.42 Å². The molecule has 1 saturated heterocycles. The summed E-state index contributed by atoms with van der Waals surface area (Å²) in [6, 6.07) is 7.82. The fraction of sp³-hybridized carbons (Fsp3) is 0.421. The van der Waals surface area contributed by atoms with Crippen LogP contribution < -0.4 is 5.48 Å². The normalized spacial score (nSPS) is 15.9. The van der Waals surface area contributed by atoms with E-state index in [4.69, 9.17) is 5.21 Å². The van der Waals surface area contributed by atoms with Gasteiger partial charge in [-0.1, -0.05) is 42.7 Å². The number of carbonyl (C=O) groups excluding carboxylic acids is 3. The van der Waals surface area contributed by atoms with Gasteiger partial charge in [0.15, 0.2) is 0 Å². The number of imide groups is 1. The number of amides is 3. The summed E-state index contributed by atoms with van der Waals surface area (Å²) in [5, 5.41) is 8.40. The van der Waals surface area contributed by atoms with Crippen LogP contribution in [0.15, 0.2) is 29.8 Å². The minimum Gasteiger partial charge on any atom is -0.289 e. The lowest BCUT2D eigenvalue weighted by molar-refractivity contribution is -0.137. The summed E-state index contributed by atoms with van der Waals surface area (Å²) < 4.78 is 0. The molecular weight excluding hydrogens is 320 g/mol. The predicted molar refractivity (Wildman–Crippen MR) is 93.5 cm³/mol. The minimum atomic E-state index is -0.393. The zero-order chi connectivity index (χ0) is 18.2. The van der Waals surface area contributed by atoms with E-state index >= 15 is 0 Å². The first-order valence-electron chi connectivity index (χ1n) is 8.56. The summed E-state index contributed by atoms with van der Waals surface area (Å²) in [6.45, 7) is 2.41. The fourth-order valence-corrected chi connectivity index (χ4v) is 2.79. The molecule has 0 unspecified atom stereocenters. The maximum atomic E-state index is 12.4. The number of nitrogens with zero attached hydrogens (tertiary/aromatic N) is 1. The molecule has 0 aliphatic carbocycles. The lowest BCUT2D eigenvalue weighted by Gasteiger charge is -2.13. The maximum Gasteiger partial charge on any atom is 0.256 e. The number of hydroxylamine groups is 1. The standard InChI is InChI=1S/C19H24N2O4/c1-14-7-9-15(10-8-14)12-16-13-18(23)21(19(16)24)11-5-3-2-4-6-17(22)20-25/h7-10,12,25H,2-6,11,13H2,1H3,(H,20,22). The molecule has 1 aliphatic heterocycles. The Morgan fingerprint density at radius 1 is 1.16 bits per heavy atom. The van der Waals surface area contributed by atoms with E-state index in [1.165, 1.54) is 4.90 Å². The summed E-state index contributed by atoms with van der Waals surface area (Å²) >= 11 is 0. The molecule has 1 aliphatic rings. The first kappa shape index (κ1) is 18.9. The van der Waals surface area contributed by atoms with Gasteiger partial charge in [0.2, 0.25) is 11.8 Å². The maximum absolute atomic E-state index is 12.4. The Balaban J connectivity index is 1.80. The van der Waals surface area contributed by atoms with Crippen molar-refractivity contribution >= 4 is 23.8 Å². The van der Waals surface area contributed by atoms with E-state index in [9.17, 15) is 14.4 Å². The number of aryl methyl sites for hydroxylation is 1. The molecular formula is C19H24N2O4. The first-order chi connectivity index (χ1) is 12.0. The van der Waals surface area contributed by atoms with Crippen LogP contribution in [-0.4, -0.2) is 34.4 Å². The largest absolute Gasteiger partial charge is 0.289 e. The number of carbonyl (C=O) groups is 3. The zero-order valence-electron chi connectivity index (χ0n) is 14.5. The fourth-order valence-electron chi connectivity index (χ4n) is 2.79. The number of hydrogen-bond donors (Lipinski definition) is 2. The van der Waals surface area contributed by atoms with Crippen molar-refractivity contribution in [3.8, 4) is 0 Å². The lowest BCUT2D eigenvalue weighted by Crippen LogP contribution is -2.30. The van der Waals surface area contributed by atoms with E-state index < -0.39 is 5.91 Å². The van der Waals surface area contributed by atoms with Crippen molar-refractivity contribution in [3.63, 3.8) is 0 Å². The molecule has 2 rings (SSSR count). The Bertz CT molecular complexity index is 665. The second kappa shape index (κ2) is 9.13. The van der Waals surface area contributed by atoms with E-state index in [1.54, 1.807) is 11.6 Å². The highest BCUT2D eigenvalue weighted by atomic mass is 16.5. The van der Waals surface area contributed by atoms with Crippen LogP contribution in [0.5, 0.6) is 0 Å². The van der Waals surface area contributed by atoms with Crippen LogP contribution in [-0.2, 0) is 14.4 Å². The molecule has 0 radical (unpaired) electrons. The van der Waals surface area contributed by atoms with Crippen LogP contribution in [0.4, 0.5) is 0 Å². The molecule has 1 fully saturated rings. The van der Waals surface area contributed by atoms with Gasteiger partial charge in [-0.25, -0.2) is 5.48 Å². The van der Waals surface area contributed by atoms with E-state index in [0.29, 0.717) is 18.5 Å². The second-order valence-electron chi connectivity index (χ2n) is 6.31. The molecule has 0 bridgehead atoms. The van der Waals surface area contributed by atoms with Gasteiger partial charge in [0, 0.05) is 18.5 Å². The van der Waals surface area contributed by atoms with Gasteiger partial charge >= 0.3 is 0 Å². The van der Waals surface area contributed by atoms with Gasteiger partial charge in [-0.15, -0.1) is 0 Å². The van der Waals surface area contributed by atoms with Gasteiger partial charge in [-0.05, 0) is 31.4 Å². The molecule has 1 aromatic carbocycles. The summed E-state index contributed by atoms with van der Waals surface area (Å²) in [5.74, 6) is -0.746. The van der Waals surface area contributed by atoms with Crippen molar-refractivity contribution in [2.24, 2.45) is 0 Å². The molecule has 1 heterocycles.